The molecule has 1 aromatic heterocycles. The van der Waals surface area contributed by atoms with Crippen molar-refractivity contribution in [2.24, 2.45) is 5.92 Å². The van der Waals surface area contributed by atoms with E-state index in [1.807, 2.05) is 79.2 Å². The van der Waals surface area contributed by atoms with Crippen LogP contribution in [0.3, 0.4) is 0 Å². The van der Waals surface area contributed by atoms with Gasteiger partial charge in [0.05, 0.1) is 35.8 Å². The number of aromatic nitrogens is 2. The number of aliphatic hydroxyl groups excluding tert-OH is 1. The number of hydrogen-bond acceptors (Lipinski definition) is 5. The van der Waals surface area contributed by atoms with E-state index in [2.05, 4.69) is 11.8 Å². The molecular weight excluding hydrogens is 426 g/mol. The monoisotopic (exact) mass is 463 g/mol. The second-order valence-electron chi connectivity index (χ2n) is 9.42. The van der Waals surface area contributed by atoms with Gasteiger partial charge in [-0.15, -0.1) is 0 Å². The third-order valence-electron chi connectivity index (χ3n) is 6.00. The summed E-state index contributed by atoms with van der Waals surface area (Å²) in [5.41, 5.74) is 3.06. The highest BCUT2D eigenvalue weighted by molar-refractivity contribution is 5.43. The Morgan fingerprint density at radius 2 is 1.74 bits per heavy atom. The zero-order valence-corrected chi connectivity index (χ0v) is 20.6. The number of ether oxygens (including phenoxy) is 2. The molecule has 0 amide bonds. The standard InChI is InChI=1S/C28H37N3O3/c1-4-27-26(19-30(17-22-15-16-22)18-24(32)20-33-21(2)3)28(34-25-13-9-6-10-14-25)31(29-27)23-11-7-5-8-12-23/h5-14,21-22,24,32H,4,15-20H2,1-3H3/t24-/m0/s1. The van der Waals surface area contributed by atoms with Crippen molar-refractivity contribution < 1.29 is 14.6 Å². The maximum absolute atomic E-state index is 10.7. The number of para-hydroxylation sites is 2. The first-order chi connectivity index (χ1) is 16.5. The van der Waals surface area contributed by atoms with E-state index in [1.165, 1.54) is 12.8 Å². The van der Waals surface area contributed by atoms with E-state index >= 15 is 0 Å². The Balaban J connectivity index is 1.65. The third kappa shape index (κ3) is 6.69. The Kier molecular flexibility index (Phi) is 8.38. The van der Waals surface area contributed by atoms with Gasteiger partial charge in [-0.05, 0) is 63.3 Å². The maximum Gasteiger partial charge on any atom is 0.227 e. The minimum Gasteiger partial charge on any atom is -0.439 e. The smallest absolute Gasteiger partial charge is 0.227 e. The molecular formula is C28H37N3O3. The quantitative estimate of drug-likeness (QED) is 0.376. The lowest BCUT2D eigenvalue weighted by Crippen LogP contribution is -2.36. The van der Waals surface area contributed by atoms with E-state index < -0.39 is 6.10 Å². The Labute approximate surface area is 203 Å². The number of aliphatic hydroxyl groups is 1. The molecule has 34 heavy (non-hydrogen) atoms. The van der Waals surface area contributed by atoms with E-state index in [1.54, 1.807) is 0 Å². The summed E-state index contributed by atoms with van der Waals surface area (Å²) in [7, 11) is 0. The fourth-order valence-corrected chi connectivity index (χ4v) is 4.12. The highest BCUT2D eigenvalue weighted by Gasteiger charge is 2.28. The summed E-state index contributed by atoms with van der Waals surface area (Å²) >= 11 is 0. The third-order valence-corrected chi connectivity index (χ3v) is 6.00. The largest absolute Gasteiger partial charge is 0.439 e. The fourth-order valence-electron chi connectivity index (χ4n) is 4.12. The van der Waals surface area contributed by atoms with Crippen LogP contribution in [0.5, 0.6) is 11.6 Å². The minimum absolute atomic E-state index is 0.105. The van der Waals surface area contributed by atoms with Crippen LogP contribution in [0.4, 0.5) is 0 Å². The first-order valence-corrected chi connectivity index (χ1v) is 12.4. The molecule has 6 heteroatoms. The minimum atomic E-state index is -0.533. The van der Waals surface area contributed by atoms with Gasteiger partial charge in [0.15, 0.2) is 0 Å². The molecule has 1 saturated carbocycles. The Morgan fingerprint density at radius 1 is 1.06 bits per heavy atom. The highest BCUT2D eigenvalue weighted by atomic mass is 16.5. The van der Waals surface area contributed by atoms with Crippen LogP contribution in [-0.2, 0) is 17.7 Å². The van der Waals surface area contributed by atoms with E-state index in [0.29, 0.717) is 25.6 Å². The lowest BCUT2D eigenvalue weighted by Gasteiger charge is -2.26. The topological polar surface area (TPSA) is 59.8 Å². The van der Waals surface area contributed by atoms with Crippen molar-refractivity contribution in [3.8, 4) is 17.3 Å². The summed E-state index contributed by atoms with van der Waals surface area (Å²) in [6, 6.07) is 20.0. The van der Waals surface area contributed by atoms with Crippen molar-refractivity contribution in [1.82, 2.24) is 14.7 Å². The highest BCUT2D eigenvalue weighted by Crippen LogP contribution is 2.34. The molecule has 1 aliphatic rings. The fraction of sp³-hybridized carbons (Fsp3) is 0.464. The van der Waals surface area contributed by atoms with Crippen LogP contribution in [0.1, 0.15) is 44.9 Å². The molecule has 1 N–H and O–H groups in total. The van der Waals surface area contributed by atoms with Gasteiger partial charge in [-0.2, -0.15) is 5.10 Å². The van der Waals surface area contributed by atoms with Gasteiger partial charge >= 0.3 is 0 Å². The summed E-state index contributed by atoms with van der Waals surface area (Å²) in [5.74, 6) is 2.22. The van der Waals surface area contributed by atoms with Gasteiger partial charge in [0.1, 0.15) is 5.75 Å². The molecule has 0 spiro atoms. The van der Waals surface area contributed by atoms with Crippen LogP contribution in [0.15, 0.2) is 60.7 Å². The van der Waals surface area contributed by atoms with Crippen molar-refractivity contribution in [2.45, 2.75) is 58.8 Å². The van der Waals surface area contributed by atoms with Crippen molar-refractivity contribution >= 4 is 0 Å². The Hall–Kier alpha value is -2.67. The van der Waals surface area contributed by atoms with Crippen LogP contribution in [0.2, 0.25) is 0 Å². The van der Waals surface area contributed by atoms with Gasteiger partial charge in [-0.25, -0.2) is 4.68 Å². The molecule has 3 aromatic rings. The summed E-state index contributed by atoms with van der Waals surface area (Å²) in [5, 5.41) is 15.6. The van der Waals surface area contributed by atoms with Gasteiger partial charge < -0.3 is 14.6 Å². The molecule has 1 atom stereocenters. The van der Waals surface area contributed by atoms with E-state index in [4.69, 9.17) is 14.6 Å². The van der Waals surface area contributed by atoms with Crippen LogP contribution in [0.25, 0.3) is 5.69 Å². The lowest BCUT2D eigenvalue weighted by molar-refractivity contribution is -0.0101. The molecule has 0 unspecified atom stereocenters. The number of hydrogen-bond donors (Lipinski definition) is 1. The Morgan fingerprint density at radius 3 is 2.35 bits per heavy atom. The zero-order valence-electron chi connectivity index (χ0n) is 20.6. The second-order valence-corrected chi connectivity index (χ2v) is 9.42. The molecule has 4 rings (SSSR count). The maximum atomic E-state index is 10.7. The average molecular weight is 464 g/mol. The Bertz CT molecular complexity index is 1020. The predicted octanol–water partition coefficient (Wildman–Crippen LogP) is 5.22. The lowest BCUT2D eigenvalue weighted by atomic mass is 10.1. The van der Waals surface area contributed by atoms with Gasteiger partial charge in [-0.3, -0.25) is 4.90 Å². The molecule has 0 aliphatic heterocycles. The first kappa shape index (κ1) is 24.5. The normalized spacial score (nSPS) is 14.6. The van der Waals surface area contributed by atoms with Crippen LogP contribution >= 0.6 is 0 Å². The number of nitrogens with zero attached hydrogens (tertiary/aromatic N) is 3. The predicted molar refractivity (Wildman–Crippen MR) is 135 cm³/mol. The van der Waals surface area contributed by atoms with Crippen molar-refractivity contribution in [2.75, 3.05) is 19.7 Å². The summed E-state index contributed by atoms with van der Waals surface area (Å²) < 4.78 is 14.0. The summed E-state index contributed by atoms with van der Waals surface area (Å²) in [6.45, 7) is 8.66. The van der Waals surface area contributed by atoms with Crippen molar-refractivity contribution in [3.05, 3.63) is 71.9 Å². The first-order valence-electron chi connectivity index (χ1n) is 12.4. The molecule has 182 valence electrons. The van der Waals surface area contributed by atoms with Crippen LogP contribution in [-0.4, -0.2) is 51.7 Å². The second kappa shape index (κ2) is 11.6. The number of rotatable bonds is 13. The molecule has 2 aromatic carbocycles. The van der Waals surface area contributed by atoms with Crippen molar-refractivity contribution in [3.63, 3.8) is 0 Å². The summed E-state index contributed by atoms with van der Waals surface area (Å²) in [6.07, 6.45) is 2.89. The zero-order chi connectivity index (χ0) is 23.9. The summed E-state index contributed by atoms with van der Waals surface area (Å²) in [4.78, 5) is 2.34. The number of benzene rings is 2. The van der Waals surface area contributed by atoms with Gasteiger partial charge in [0.25, 0.3) is 0 Å². The SMILES string of the molecule is CCc1nn(-c2ccccc2)c(Oc2ccccc2)c1CN(CC1CC1)C[C@H](O)COC(C)C. The number of aryl methyl sites for hydroxylation is 1. The van der Waals surface area contributed by atoms with Gasteiger partial charge in [0, 0.05) is 19.6 Å². The van der Waals surface area contributed by atoms with E-state index in [9.17, 15) is 5.11 Å². The molecule has 6 nitrogen and oxygen atoms in total. The van der Waals surface area contributed by atoms with Gasteiger partial charge in [-0.1, -0.05) is 43.3 Å². The van der Waals surface area contributed by atoms with E-state index in [0.717, 1.165) is 41.5 Å². The van der Waals surface area contributed by atoms with Crippen molar-refractivity contribution in [1.29, 1.82) is 0 Å². The molecule has 0 saturated heterocycles. The molecule has 1 heterocycles. The molecule has 0 bridgehead atoms. The molecule has 1 fully saturated rings. The van der Waals surface area contributed by atoms with Crippen LogP contribution in [0, 0.1) is 5.92 Å². The van der Waals surface area contributed by atoms with E-state index in [-0.39, 0.29) is 6.10 Å². The molecule has 0 radical (unpaired) electrons. The van der Waals surface area contributed by atoms with Gasteiger partial charge in [0.2, 0.25) is 5.88 Å². The average Bonchev–Trinajstić information content (AvgIpc) is 3.60. The van der Waals surface area contributed by atoms with Crippen LogP contribution < -0.4 is 4.74 Å². The molecule has 1 aliphatic carbocycles.